The normalized spacial score (nSPS) is 12.6. The van der Waals surface area contributed by atoms with Crippen LogP contribution in [0.5, 0.6) is 5.75 Å². The van der Waals surface area contributed by atoms with Crippen LogP contribution in [0.15, 0.2) is 45.5 Å². The molecule has 0 saturated carbocycles. The average molecular weight is 411 g/mol. The standard InChI is InChI=1S/C18H16F3N3O3S/c1-11(12-2-4-14(5-3-12)27-18(19,20)21)22-15(25)6-7-16-23-24-17(26-16)13-8-9-28-10-13/h2-5,8-11H,6-7H2,1H3,(H,22,25). The first-order valence-corrected chi connectivity index (χ1v) is 9.24. The van der Waals surface area contributed by atoms with Gasteiger partial charge in [0.2, 0.25) is 17.7 Å². The summed E-state index contributed by atoms with van der Waals surface area (Å²) in [6.07, 6.45) is -4.31. The number of rotatable bonds is 7. The van der Waals surface area contributed by atoms with E-state index in [1.807, 2.05) is 16.8 Å². The van der Waals surface area contributed by atoms with E-state index in [1.165, 1.54) is 35.6 Å². The fraction of sp³-hybridized carbons (Fsp3) is 0.278. The number of benzene rings is 1. The highest BCUT2D eigenvalue weighted by Gasteiger charge is 2.31. The fourth-order valence-electron chi connectivity index (χ4n) is 2.43. The van der Waals surface area contributed by atoms with Gasteiger partial charge in [-0.2, -0.15) is 11.3 Å². The van der Waals surface area contributed by atoms with Gasteiger partial charge in [-0.05, 0) is 36.1 Å². The van der Waals surface area contributed by atoms with Crippen LogP contribution < -0.4 is 10.1 Å². The van der Waals surface area contributed by atoms with Crippen LogP contribution >= 0.6 is 11.3 Å². The van der Waals surface area contributed by atoms with Crippen molar-refractivity contribution >= 4 is 17.2 Å². The Morgan fingerprint density at radius 2 is 2.00 bits per heavy atom. The molecule has 148 valence electrons. The zero-order valence-corrected chi connectivity index (χ0v) is 15.5. The molecule has 0 aliphatic rings. The smallest absolute Gasteiger partial charge is 0.421 e. The van der Waals surface area contributed by atoms with Gasteiger partial charge in [0.1, 0.15) is 5.75 Å². The summed E-state index contributed by atoms with van der Waals surface area (Å²) in [5.41, 5.74) is 1.49. The summed E-state index contributed by atoms with van der Waals surface area (Å²) >= 11 is 1.51. The number of aromatic nitrogens is 2. The Bertz CT molecular complexity index is 908. The Balaban J connectivity index is 1.49. The SMILES string of the molecule is CC(NC(=O)CCc1nnc(-c2ccsc2)o1)c1ccc(OC(F)(F)F)cc1. The first-order valence-electron chi connectivity index (χ1n) is 8.30. The van der Waals surface area contributed by atoms with Gasteiger partial charge in [-0.25, -0.2) is 0 Å². The third-order valence-electron chi connectivity index (χ3n) is 3.79. The Labute approximate surface area is 162 Å². The van der Waals surface area contributed by atoms with Gasteiger partial charge in [-0.15, -0.1) is 23.4 Å². The number of halogens is 3. The number of ether oxygens (including phenoxy) is 1. The van der Waals surface area contributed by atoms with Crippen LogP contribution in [0.1, 0.15) is 30.8 Å². The minimum Gasteiger partial charge on any atom is -0.421 e. The molecule has 2 heterocycles. The monoisotopic (exact) mass is 411 g/mol. The van der Waals surface area contributed by atoms with Crippen LogP contribution in [0.2, 0.25) is 0 Å². The van der Waals surface area contributed by atoms with Gasteiger partial charge in [0.25, 0.3) is 0 Å². The molecule has 3 rings (SSSR count). The van der Waals surface area contributed by atoms with E-state index in [1.54, 1.807) is 6.92 Å². The van der Waals surface area contributed by atoms with Crippen molar-refractivity contribution in [1.82, 2.24) is 15.5 Å². The molecule has 1 atom stereocenters. The van der Waals surface area contributed by atoms with Gasteiger partial charge in [0, 0.05) is 23.8 Å². The van der Waals surface area contributed by atoms with E-state index in [4.69, 9.17) is 4.42 Å². The van der Waals surface area contributed by atoms with Crippen molar-refractivity contribution in [3.8, 4) is 17.2 Å². The topological polar surface area (TPSA) is 77.3 Å². The number of aryl methyl sites for hydroxylation is 1. The average Bonchev–Trinajstić information content (AvgIpc) is 3.30. The fourth-order valence-corrected chi connectivity index (χ4v) is 3.06. The molecule has 10 heteroatoms. The summed E-state index contributed by atoms with van der Waals surface area (Å²) in [6, 6.07) is 6.83. The molecule has 28 heavy (non-hydrogen) atoms. The number of hydrogen-bond donors (Lipinski definition) is 1. The first-order chi connectivity index (χ1) is 13.3. The van der Waals surface area contributed by atoms with Crippen molar-refractivity contribution in [2.75, 3.05) is 0 Å². The van der Waals surface area contributed by atoms with Crippen LogP contribution in [0.3, 0.4) is 0 Å². The van der Waals surface area contributed by atoms with Crippen molar-refractivity contribution < 1.29 is 27.1 Å². The molecule has 1 N–H and O–H groups in total. The molecule has 2 aromatic heterocycles. The highest BCUT2D eigenvalue weighted by Crippen LogP contribution is 2.24. The summed E-state index contributed by atoms with van der Waals surface area (Å²) in [5.74, 6) is 0.217. The predicted octanol–water partition coefficient (Wildman–Crippen LogP) is 4.51. The molecule has 1 aromatic carbocycles. The zero-order valence-electron chi connectivity index (χ0n) is 14.7. The molecule has 0 bridgehead atoms. The highest BCUT2D eigenvalue weighted by atomic mass is 32.1. The lowest BCUT2D eigenvalue weighted by Crippen LogP contribution is -2.26. The molecular formula is C18H16F3N3O3S. The van der Waals surface area contributed by atoms with E-state index in [9.17, 15) is 18.0 Å². The maximum Gasteiger partial charge on any atom is 0.573 e. The first kappa shape index (κ1) is 19.9. The lowest BCUT2D eigenvalue weighted by molar-refractivity contribution is -0.274. The molecule has 3 aromatic rings. The second kappa shape index (κ2) is 8.42. The number of hydrogen-bond acceptors (Lipinski definition) is 6. The Hall–Kier alpha value is -2.88. The summed E-state index contributed by atoms with van der Waals surface area (Å²) in [6.45, 7) is 1.74. The van der Waals surface area contributed by atoms with E-state index in [0.717, 1.165) is 5.56 Å². The van der Waals surface area contributed by atoms with Crippen molar-refractivity contribution in [3.05, 3.63) is 52.5 Å². The number of amides is 1. The molecule has 6 nitrogen and oxygen atoms in total. The Morgan fingerprint density at radius 3 is 2.64 bits per heavy atom. The van der Waals surface area contributed by atoms with E-state index in [0.29, 0.717) is 17.3 Å². The Morgan fingerprint density at radius 1 is 1.25 bits per heavy atom. The number of carbonyl (C=O) groups excluding carboxylic acids is 1. The number of carbonyl (C=O) groups is 1. The molecule has 0 fully saturated rings. The van der Waals surface area contributed by atoms with Gasteiger partial charge in [-0.1, -0.05) is 12.1 Å². The summed E-state index contributed by atoms with van der Waals surface area (Å²) in [5, 5.41) is 14.4. The maximum atomic E-state index is 12.2. The molecule has 0 radical (unpaired) electrons. The lowest BCUT2D eigenvalue weighted by Gasteiger charge is -2.15. The zero-order chi connectivity index (χ0) is 20.1. The molecular weight excluding hydrogens is 395 g/mol. The molecule has 1 unspecified atom stereocenters. The number of nitrogens with zero attached hydrogens (tertiary/aromatic N) is 2. The number of nitrogens with one attached hydrogen (secondary N) is 1. The maximum absolute atomic E-state index is 12.2. The molecule has 0 aliphatic heterocycles. The summed E-state index contributed by atoms with van der Waals surface area (Å²) in [4.78, 5) is 12.1. The van der Waals surface area contributed by atoms with Gasteiger partial charge < -0.3 is 14.5 Å². The Kier molecular flexibility index (Phi) is 5.98. The predicted molar refractivity (Wildman–Crippen MR) is 95.6 cm³/mol. The van der Waals surface area contributed by atoms with Crippen LogP contribution in [-0.2, 0) is 11.2 Å². The third-order valence-corrected chi connectivity index (χ3v) is 4.48. The summed E-state index contributed by atoms with van der Waals surface area (Å²) in [7, 11) is 0. The minimum absolute atomic E-state index is 0.144. The van der Waals surface area contributed by atoms with Crippen LogP contribution in [0.4, 0.5) is 13.2 Å². The van der Waals surface area contributed by atoms with Gasteiger partial charge in [0.05, 0.1) is 6.04 Å². The van der Waals surface area contributed by atoms with Crippen LogP contribution in [0.25, 0.3) is 11.5 Å². The second-order valence-electron chi connectivity index (χ2n) is 5.92. The number of thiophene rings is 1. The van der Waals surface area contributed by atoms with Crippen molar-refractivity contribution in [3.63, 3.8) is 0 Å². The van der Waals surface area contributed by atoms with E-state index < -0.39 is 6.36 Å². The van der Waals surface area contributed by atoms with Crippen molar-refractivity contribution in [2.45, 2.75) is 32.2 Å². The second-order valence-corrected chi connectivity index (χ2v) is 6.70. The van der Waals surface area contributed by atoms with Crippen molar-refractivity contribution in [1.29, 1.82) is 0 Å². The molecule has 0 saturated heterocycles. The lowest BCUT2D eigenvalue weighted by atomic mass is 10.1. The summed E-state index contributed by atoms with van der Waals surface area (Å²) < 4.78 is 45.9. The third kappa shape index (κ3) is 5.56. The van der Waals surface area contributed by atoms with Crippen molar-refractivity contribution in [2.24, 2.45) is 0 Å². The van der Waals surface area contributed by atoms with Crippen LogP contribution in [0, 0.1) is 0 Å². The minimum atomic E-state index is -4.74. The van der Waals surface area contributed by atoms with Gasteiger partial charge >= 0.3 is 6.36 Å². The molecule has 0 aliphatic carbocycles. The quantitative estimate of drug-likeness (QED) is 0.619. The molecule has 1 amide bonds. The van der Waals surface area contributed by atoms with E-state index in [-0.39, 0.29) is 30.5 Å². The van der Waals surface area contributed by atoms with Gasteiger partial charge in [0.15, 0.2) is 0 Å². The van der Waals surface area contributed by atoms with E-state index >= 15 is 0 Å². The largest absolute Gasteiger partial charge is 0.573 e. The number of alkyl halides is 3. The van der Waals surface area contributed by atoms with E-state index in [2.05, 4.69) is 20.3 Å². The van der Waals surface area contributed by atoms with Crippen LogP contribution in [-0.4, -0.2) is 22.5 Å². The molecule has 0 spiro atoms. The highest BCUT2D eigenvalue weighted by molar-refractivity contribution is 7.08. The van der Waals surface area contributed by atoms with Gasteiger partial charge in [-0.3, -0.25) is 4.79 Å².